The Kier molecular flexibility index (Phi) is 6.94. The quantitative estimate of drug-likeness (QED) is 0.331. The number of nitrogens with zero attached hydrogens (tertiary/aromatic N) is 1. The average Bonchev–Trinajstić information content (AvgIpc) is 2.66. The minimum Gasteiger partial charge on any atom is -0.283 e. The van der Waals surface area contributed by atoms with Crippen LogP contribution in [0.1, 0.15) is 5.56 Å². The van der Waals surface area contributed by atoms with Crippen LogP contribution in [0.25, 0.3) is 0 Å². The number of hydrogen-bond acceptors (Lipinski definition) is 6. The second kappa shape index (κ2) is 9.33. The topological polar surface area (TPSA) is 135 Å². The van der Waals surface area contributed by atoms with E-state index in [-0.39, 0.29) is 37.6 Å². The normalized spacial score (nSPS) is 11.7. The number of hydrogen-bond donors (Lipinski definition) is 2. The second-order valence-electron chi connectivity index (χ2n) is 6.58. The van der Waals surface area contributed by atoms with Gasteiger partial charge in [0.05, 0.1) is 21.3 Å². The molecule has 3 aromatic carbocycles. The van der Waals surface area contributed by atoms with Crippen molar-refractivity contribution in [2.75, 3.05) is 9.44 Å². The Labute approximate surface area is 194 Å². The molecule has 2 N–H and O–H groups in total. The van der Waals surface area contributed by atoms with Gasteiger partial charge in [-0.05, 0) is 48.0 Å². The van der Waals surface area contributed by atoms with Gasteiger partial charge in [-0.25, -0.2) is 16.8 Å². The highest BCUT2D eigenvalue weighted by atomic mass is 35.5. The second-order valence-corrected chi connectivity index (χ2v) is 10.9. The summed E-state index contributed by atoms with van der Waals surface area (Å²) in [5, 5.41) is 11.4. The van der Waals surface area contributed by atoms with Crippen LogP contribution in [-0.4, -0.2) is 21.8 Å². The van der Waals surface area contributed by atoms with Gasteiger partial charge in [0.25, 0.3) is 15.7 Å². The molecule has 0 radical (unpaired) electrons. The van der Waals surface area contributed by atoms with E-state index in [9.17, 15) is 26.9 Å². The smallest absolute Gasteiger partial charge is 0.269 e. The van der Waals surface area contributed by atoms with Crippen LogP contribution in [0.2, 0.25) is 10.0 Å². The van der Waals surface area contributed by atoms with Crippen LogP contribution in [0.5, 0.6) is 0 Å². The lowest BCUT2D eigenvalue weighted by atomic mass is 10.2. The Morgan fingerprint density at radius 2 is 1.44 bits per heavy atom. The lowest BCUT2D eigenvalue weighted by Gasteiger charge is -2.11. The van der Waals surface area contributed by atoms with Gasteiger partial charge in [-0.2, -0.15) is 0 Å². The van der Waals surface area contributed by atoms with Gasteiger partial charge in [0.1, 0.15) is 0 Å². The Balaban J connectivity index is 1.73. The van der Waals surface area contributed by atoms with E-state index in [2.05, 4.69) is 9.44 Å². The van der Waals surface area contributed by atoms with Gasteiger partial charge in [-0.15, -0.1) is 0 Å². The maximum atomic E-state index is 12.6. The van der Waals surface area contributed by atoms with E-state index in [1.165, 1.54) is 66.7 Å². The van der Waals surface area contributed by atoms with E-state index in [0.29, 0.717) is 0 Å². The maximum Gasteiger partial charge on any atom is 0.269 e. The van der Waals surface area contributed by atoms with E-state index in [1.807, 2.05) is 0 Å². The molecule has 0 amide bonds. The molecule has 0 aliphatic carbocycles. The zero-order valence-electron chi connectivity index (χ0n) is 16.0. The molecular formula is C19H15Cl2N3O6S2. The fourth-order valence-electron chi connectivity index (χ4n) is 2.72. The first kappa shape index (κ1) is 23.8. The molecule has 13 heteroatoms. The number of nitrogens with one attached hydrogen (secondary N) is 2. The summed E-state index contributed by atoms with van der Waals surface area (Å²) in [7, 11) is -7.88. The van der Waals surface area contributed by atoms with E-state index in [0.717, 1.165) is 0 Å². The summed E-state index contributed by atoms with van der Waals surface area (Å²) in [6.07, 6.45) is 0. The highest BCUT2D eigenvalue weighted by molar-refractivity contribution is 7.92. The molecule has 3 aromatic rings. The molecule has 0 aliphatic rings. The number of sulfonamides is 2. The standard InChI is InChI=1S/C19H15Cl2N3O6S2/c20-14-9-15(21)11-17(10-14)23-32(29,30)19-6-4-16(5-7-19)22-31(27,28)12-13-2-1-3-18(8-13)24(25)26/h1-11,22-23H,12H2. The van der Waals surface area contributed by atoms with Crippen LogP contribution in [0.3, 0.4) is 0 Å². The zero-order valence-corrected chi connectivity index (χ0v) is 19.2. The molecule has 0 aromatic heterocycles. The molecular weight excluding hydrogens is 501 g/mol. The lowest BCUT2D eigenvalue weighted by molar-refractivity contribution is -0.384. The first-order chi connectivity index (χ1) is 14.9. The fraction of sp³-hybridized carbons (Fsp3) is 0.0526. The third kappa shape index (κ3) is 6.33. The van der Waals surface area contributed by atoms with E-state index >= 15 is 0 Å². The third-order valence-corrected chi connectivity index (χ3v) is 7.12. The molecule has 3 rings (SSSR count). The van der Waals surface area contributed by atoms with Gasteiger partial charge in [-0.1, -0.05) is 35.3 Å². The Morgan fingerprint density at radius 3 is 2.03 bits per heavy atom. The van der Waals surface area contributed by atoms with Crippen molar-refractivity contribution in [3.63, 3.8) is 0 Å². The summed E-state index contributed by atoms with van der Waals surface area (Å²) in [6.45, 7) is 0. The Bertz CT molecular complexity index is 1360. The predicted octanol–water partition coefficient (Wildman–Crippen LogP) is 4.64. The van der Waals surface area contributed by atoms with Crippen molar-refractivity contribution in [3.8, 4) is 0 Å². The van der Waals surface area contributed by atoms with E-state index in [1.54, 1.807) is 0 Å². The number of rotatable bonds is 8. The molecule has 32 heavy (non-hydrogen) atoms. The number of halogens is 2. The van der Waals surface area contributed by atoms with Crippen molar-refractivity contribution in [1.82, 2.24) is 0 Å². The number of nitro groups is 1. The molecule has 0 unspecified atom stereocenters. The van der Waals surface area contributed by atoms with Crippen molar-refractivity contribution in [3.05, 3.63) is 92.5 Å². The molecule has 0 heterocycles. The number of nitro benzene ring substituents is 1. The van der Waals surface area contributed by atoms with Gasteiger partial charge < -0.3 is 0 Å². The van der Waals surface area contributed by atoms with Crippen molar-refractivity contribution >= 4 is 60.3 Å². The van der Waals surface area contributed by atoms with Crippen LogP contribution in [0.4, 0.5) is 17.1 Å². The minimum absolute atomic E-state index is 0.116. The summed E-state index contributed by atoms with van der Waals surface area (Å²) >= 11 is 11.7. The third-order valence-electron chi connectivity index (χ3n) is 4.03. The molecule has 0 fully saturated rings. The molecule has 0 saturated carbocycles. The highest BCUT2D eigenvalue weighted by Gasteiger charge is 2.17. The average molecular weight is 516 g/mol. The first-order valence-corrected chi connectivity index (χ1v) is 12.7. The monoisotopic (exact) mass is 515 g/mol. The van der Waals surface area contributed by atoms with Gasteiger partial charge in [0.2, 0.25) is 10.0 Å². The SMILES string of the molecule is O=[N+]([O-])c1cccc(CS(=O)(=O)Nc2ccc(S(=O)(=O)Nc3cc(Cl)cc(Cl)c3)cc2)c1. The number of benzene rings is 3. The molecule has 0 aliphatic heterocycles. The summed E-state index contributed by atoms with van der Waals surface area (Å²) < 4.78 is 54.6. The molecule has 168 valence electrons. The molecule has 0 bridgehead atoms. The van der Waals surface area contributed by atoms with E-state index < -0.39 is 30.7 Å². The van der Waals surface area contributed by atoms with Crippen LogP contribution >= 0.6 is 23.2 Å². The van der Waals surface area contributed by atoms with Gasteiger partial charge in [0.15, 0.2) is 0 Å². The van der Waals surface area contributed by atoms with Gasteiger partial charge >= 0.3 is 0 Å². The van der Waals surface area contributed by atoms with Crippen LogP contribution in [0.15, 0.2) is 71.6 Å². The lowest BCUT2D eigenvalue weighted by Crippen LogP contribution is -2.16. The van der Waals surface area contributed by atoms with Crippen molar-refractivity contribution in [1.29, 1.82) is 0 Å². The van der Waals surface area contributed by atoms with Crippen molar-refractivity contribution in [2.45, 2.75) is 10.6 Å². The maximum absolute atomic E-state index is 12.6. The van der Waals surface area contributed by atoms with Crippen LogP contribution in [0, 0.1) is 10.1 Å². The Hall–Kier alpha value is -2.86. The highest BCUT2D eigenvalue weighted by Crippen LogP contribution is 2.25. The Morgan fingerprint density at radius 1 is 0.812 bits per heavy atom. The number of non-ortho nitro benzene ring substituents is 1. The first-order valence-electron chi connectivity index (χ1n) is 8.76. The van der Waals surface area contributed by atoms with Crippen LogP contribution < -0.4 is 9.44 Å². The number of anilines is 2. The van der Waals surface area contributed by atoms with Crippen molar-refractivity contribution in [2.24, 2.45) is 0 Å². The summed E-state index contributed by atoms with van der Waals surface area (Å²) in [5.74, 6) is -0.494. The zero-order chi connectivity index (χ0) is 23.5. The summed E-state index contributed by atoms with van der Waals surface area (Å²) in [5.41, 5.74) is 0.306. The summed E-state index contributed by atoms with van der Waals surface area (Å²) in [6, 6.07) is 14.5. The summed E-state index contributed by atoms with van der Waals surface area (Å²) in [4.78, 5) is 10.1. The molecule has 0 saturated heterocycles. The van der Waals surface area contributed by atoms with Gasteiger partial charge in [0, 0.05) is 27.9 Å². The molecule has 0 atom stereocenters. The minimum atomic E-state index is -3.98. The van der Waals surface area contributed by atoms with Crippen molar-refractivity contribution < 1.29 is 21.8 Å². The van der Waals surface area contributed by atoms with Crippen LogP contribution in [-0.2, 0) is 25.8 Å². The van der Waals surface area contributed by atoms with E-state index in [4.69, 9.17) is 23.2 Å². The van der Waals surface area contributed by atoms with Gasteiger partial charge in [-0.3, -0.25) is 19.6 Å². The largest absolute Gasteiger partial charge is 0.283 e. The predicted molar refractivity (Wildman–Crippen MR) is 123 cm³/mol. The molecule has 0 spiro atoms. The fourth-order valence-corrected chi connectivity index (χ4v) is 5.48. The molecule has 9 nitrogen and oxygen atoms in total.